The molecule has 4 rings (SSSR count). The second kappa shape index (κ2) is 9.26. The number of fused-ring (bicyclic) bond motifs is 1. The third kappa shape index (κ3) is 4.64. The summed E-state index contributed by atoms with van der Waals surface area (Å²) in [6, 6.07) is 24.8. The number of para-hydroxylation sites is 2. The van der Waals surface area contributed by atoms with Crippen molar-refractivity contribution < 1.29 is 23.9 Å². The summed E-state index contributed by atoms with van der Waals surface area (Å²) in [6.07, 6.45) is -1.10. The second-order valence-corrected chi connectivity index (χ2v) is 7.06. The van der Waals surface area contributed by atoms with Crippen molar-refractivity contribution in [1.82, 2.24) is 0 Å². The van der Waals surface area contributed by atoms with Gasteiger partial charge in [-0.1, -0.05) is 72.8 Å². The topological polar surface area (TPSA) is 72.9 Å². The lowest BCUT2D eigenvalue weighted by Crippen LogP contribution is -2.40. The average Bonchev–Trinajstić information content (AvgIpc) is 2.82. The lowest BCUT2D eigenvalue weighted by molar-refractivity contribution is -0.147. The Morgan fingerprint density at radius 2 is 1.55 bits per heavy atom. The molecule has 1 unspecified atom stereocenters. The highest BCUT2D eigenvalue weighted by Gasteiger charge is 2.28. The van der Waals surface area contributed by atoms with Gasteiger partial charge in [-0.05, 0) is 12.1 Å². The molecule has 6 heteroatoms. The number of ketones is 1. The SMILES string of the molecule is O=C(CCN1C(=O)COc2ccccc21)OC(C(=O)c1ccccc1)c1ccccc1. The van der Waals surface area contributed by atoms with Crippen LogP contribution in [0.5, 0.6) is 5.75 Å². The first-order valence-corrected chi connectivity index (χ1v) is 9.99. The van der Waals surface area contributed by atoms with Crippen molar-refractivity contribution in [2.45, 2.75) is 12.5 Å². The number of hydrogen-bond donors (Lipinski definition) is 0. The zero-order chi connectivity index (χ0) is 21.6. The Labute approximate surface area is 180 Å². The van der Waals surface area contributed by atoms with E-state index in [0.29, 0.717) is 22.6 Å². The maximum Gasteiger partial charge on any atom is 0.308 e. The molecule has 0 radical (unpaired) electrons. The van der Waals surface area contributed by atoms with Gasteiger partial charge in [0.2, 0.25) is 5.78 Å². The first kappa shape index (κ1) is 20.3. The monoisotopic (exact) mass is 415 g/mol. The van der Waals surface area contributed by atoms with Gasteiger partial charge in [0.05, 0.1) is 12.1 Å². The van der Waals surface area contributed by atoms with Gasteiger partial charge < -0.3 is 14.4 Å². The van der Waals surface area contributed by atoms with Crippen LogP contribution < -0.4 is 9.64 Å². The zero-order valence-electron chi connectivity index (χ0n) is 16.8. The van der Waals surface area contributed by atoms with E-state index in [1.54, 1.807) is 66.7 Å². The van der Waals surface area contributed by atoms with Gasteiger partial charge in [-0.3, -0.25) is 14.4 Å². The summed E-state index contributed by atoms with van der Waals surface area (Å²) in [4.78, 5) is 39.5. The van der Waals surface area contributed by atoms with Crippen molar-refractivity contribution in [3.63, 3.8) is 0 Å². The highest BCUT2D eigenvalue weighted by molar-refractivity contribution is 6.01. The Hall–Kier alpha value is -3.93. The van der Waals surface area contributed by atoms with E-state index in [2.05, 4.69) is 0 Å². The molecule has 156 valence electrons. The van der Waals surface area contributed by atoms with E-state index in [9.17, 15) is 14.4 Å². The number of benzene rings is 3. The highest BCUT2D eigenvalue weighted by atomic mass is 16.5. The van der Waals surface area contributed by atoms with Crippen molar-refractivity contribution in [2.75, 3.05) is 18.1 Å². The third-order valence-corrected chi connectivity index (χ3v) is 5.00. The van der Waals surface area contributed by atoms with Crippen molar-refractivity contribution in [3.8, 4) is 5.75 Å². The maximum atomic E-state index is 13.0. The van der Waals surface area contributed by atoms with Crippen LogP contribution in [0.2, 0.25) is 0 Å². The zero-order valence-corrected chi connectivity index (χ0v) is 16.8. The molecular weight excluding hydrogens is 394 g/mol. The van der Waals surface area contributed by atoms with Crippen LogP contribution in [0.3, 0.4) is 0 Å². The Balaban J connectivity index is 1.48. The van der Waals surface area contributed by atoms with E-state index in [1.807, 2.05) is 18.2 Å². The van der Waals surface area contributed by atoms with E-state index in [4.69, 9.17) is 9.47 Å². The maximum absolute atomic E-state index is 13.0. The van der Waals surface area contributed by atoms with Gasteiger partial charge in [-0.25, -0.2) is 0 Å². The van der Waals surface area contributed by atoms with Gasteiger partial charge in [-0.2, -0.15) is 0 Å². The van der Waals surface area contributed by atoms with Crippen LogP contribution in [-0.2, 0) is 14.3 Å². The Kier molecular flexibility index (Phi) is 6.08. The third-order valence-electron chi connectivity index (χ3n) is 5.00. The molecule has 0 bridgehead atoms. The minimum absolute atomic E-state index is 0.0501. The first-order valence-electron chi connectivity index (χ1n) is 9.99. The molecule has 3 aromatic carbocycles. The lowest BCUT2D eigenvalue weighted by Gasteiger charge is -2.29. The molecule has 0 saturated carbocycles. The highest BCUT2D eigenvalue weighted by Crippen LogP contribution is 2.31. The molecule has 31 heavy (non-hydrogen) atoms. The van der Waals surface area contributed by atoms with E-state index < -0.39 is 12.1 Å². The number of carbonyl (C=O) groups excluding carboxylic acids is 3. The summed E-state index contributed by atoms with van der Waals surface area (Å²) in [7, 11) is 0. The molecule has 3 aromatic rings. The molecule has 0 spiro atoms. The fourth-order valence-corrected chi connectivity index (χ4v) is 3.45. The summed E-state index contributed by atoms with van der Waals surface area (Å²) >= 11 is 0. The summed E-state index contributed by atoms with van der Waals surface area (Å²) in [6.45, 7) is 0.0598. The molecule has 1 heterocycles. The predicted octanol–water partition coefficient (Wildman–Crippen LogP) is 3.97. The molecule has 0 fully saturated rings. The van der Waals surface area contributed by atoms with E-state index in [1.165, 1.54) is 4.90 Å². The lowest BCUT2D eigenvalue weighted by atomic mass is 10.00. The van der Waals surface area contributed by atoms with Crippen LogP contribution >= 0.6 is 0 Å². The molecular formula is C25H21NO5. The van der Waals surface area contributed by atoms with E-state index in [0.717, 1.165) is 0 Å². The summed E-state index contributed by atoms with van der Waals surface area (Å²) in [5.41, 5.74) is 1.67. The average molecular weight is 415 g/mol. The molecule has 1 aliphatic heterocycles. The van der Waals surface area contributed by atoms with Crippen LogP contribution in [-0.4, -0.2) is 30.8 Å². The molecule has 1 amide bonds. The Morgan fingerprint density at radius 3 is 2.29 bits per heavy atom. The van der Waals surface area contributed by atoms with Crippen LogP contribution in [0.25, 0.3) is 0 Å². The number of Topliss-reactive ketones (excluding diaryl/α,β-unsaturated/α-hetero) is 1. The van der Waals surface area contributed by atoms with Crippen LogP contribution in [0.15, 0.2) is 84.9 Å². The second-order valence-electron chi connectivity index (χ2n) is 7.06. The van der Waals surface area contributed by atoms with Crippen molar-refractivity contribution in [3.05, 3.63) is 96.1 Å². The Morgan fingerprint density at radius 1 is 0.903 bits per heavy atom. The molecule has 6 nitrogen and oxygen atoms in total. The van der Waals surface area contributed by atoms with Crippen molar-refractivity contribution in [1.29, 1.82) is 0 Å². The quantitative estimate of drug-likeness (QED) is 0.431. The van der Waals surface area contributed by atoms with Gasteiger partial charge >= 0.3 is 5.97 Å². The van der Waals surface area contributed by atoms with Crippen LogP contribution in [0, 0.1) is 0 Å². The minimum atomic E-state index is -1.05. The first-order chi connectivity index (χ1) is 15.1. The number of anilines is 1. The molecule has 1 aliphatic rings. The van der Waals surface area contributed by atoms with Gasteiger partial charge in [-0.15, -0.1) is 0 Å². The van der Waals surface area contributed by atoms with Gasteiger partial charge in [0.15, 0.2) is 12.7 Å². The summed E-state index contributed by atoms with van der Waals surface area (Å²) in [5, 5.41) is 0. The number of carbonyl (C=O) groups is 3. The standard InChI is InChI=1S/C25H21NO5/c27-22-17-30-21-14-8-7-13-20(21)26(22)16-15-23(28)31-25(19-11-5-2-6-12-19)24(29)18-9-3-1-4-10-18/h1-14,25H,15-17H2. The molecule has 0 saturated heterocycles. The smallest absolute Gasteiger partial charge is 0.308 e. The molecule has 0 N–H and O–H groups in total. The van der Waals surface area contributed by atoms with Crippen molar-refractivity contribution >= 4 is 23.3 Å². The van der Waals surface area contributed by atoms with Gasteiger partial charge in [0, 0.05) is 17.7 Å². The normalized spacial score (nSPS) is 13.7. The predicted molar refractivity (Wildman–Crippen MR) is 115 cm³/mol. The number of nitrogens with zero attached hydrogens (tertiary/aromatic N) is 1. The van der Waals surface area contributed by atoms with E-state index >= 15 is 0 Å². The Bertz CT molecular complexity index is 1080. The summed E-state index contributed by atoms with van der Waals surface area (Å²) in [5.74, 6) is -0.494. The summed E-state index contributed by atoms with van der Waals surface area (Å²) < 4.78 is 11.0. The molecule has 0 aliphatic carbocycles. The number of rotatable bonds is 7. The minimum Gasteiger partial charge on any atom is -0.482 e. The van der Waals surface area contributed by atoms with Crippen molar-refractivity contribution in [2.24, 2.45) is 0 Å². The number of amides is 1. The molecule has 0 aromatic heterocycles. The fraction of sp³-hybridized carbons (Fsp3) is 0.160. The number of hydrogen-bond acceptors (Lipinski definition) is 5. The number of esters is 1. The van der Waals surface area contributed by atoms with Gasteiger partial charge in [0.25, 0.3) is 5.91 Å². The molecule has 1 atom stereocenters. The van der Waals surface area contributed by atoms with Gasteiger partial charge in [0.1, 0.15) is 5.75 Å². The number of ether oxygens (including phenoxy) is 2. The van der Waals surface area contributed by atoms with Crippen LogP contribution in [0.4, 0.5) is 5.69 Å². The largest absolute Gasteiger partial charge is 0.482 e. The van der Waals surface area contributed by atoms with E-state index in [-0.39, 0.29) is 31.3 Å². The van der Waals surface area contributed by atoms with Crippen LogP contribution in [0.1, 0.15) is 28.4 Å². The fourth-order valence-electron chi connectivity index (χ4n) is 3.45.